The van der Waals surface area contributed by atoms with E-state index in [4.69, 9.17) is 13.3 Å². The smallest absolute Gasteiger partial charge is 0.159 e. The highest BCUT2D eigenvalue weighted by atomic mass is 16.3. The van der Waals surface area contributed by atoms with Crippen LogP contribution in [0.3, 0.4) is 0 Å². The summed E-state index contributed by atoms with van der Waals surface area (Å²) in [6, 6.07) is 90.1. The highest BCUT2D eigenvalue weighted by molar-refractivity contribution is 6.17. The summed E-state index contributed by atoms with van der Waals surface area (Å²) >= 11 is 0. The van der Waals surface area contributed by atoms with Crippen LogP contribution in [-0.2, 0) is 0 Å². The van der Waals surface area contributed by atoms with Gasteiger partial charge < -0.3 is 23.1 Å². The summed E-state index contributed by atoms with van der Waals surface area (Å²) in [5, 5.41) is 10.9. The molecule has 0 unspecified atom stereocenters. The topological polar surface area (TPSA) is 45.9 Å². The highest BCUT2D eigenvalue weighted by Gasteiger charge is 2.24. The van der Waals surface area contributed by atoms with Crippen LogP contribution in [0.2, 0.25) is 0 Å². The molecule has 0 aliphatic carbocycles. The van der Waals surface area contributed by atoms with Crippen LogP contribution >= 0.6 is 0 Å². The fourth-order valence-corrected chi connectivity index (χ4v) is 11.2. The Morgan fingerprint density at radius 2 is 0.616 bits per heavy atom. The summed E-state index contributed by atoms with van der Waals surface area (Å²) in [4.78, 5) is 4.62. The second kappa shape index (κ2) is 16.4. The summed E-state index contributed by atoms with van der Waals surface area (Å²) < 4.78 is 20.6. The Morgan fingerprint density at radius 1 is 0.233 bits per heavy atom. The predicted molar refractivity (Wildman–Crippen MR) is 304 cm³/mol. The van der Waals surface area contributed by atoms with Crippen molar-refractivity contribution in [3.05, 3.63) is 255 Å². The molecule has 3 aromatic heterocycles. The number of para-hydroxylation sites is 6. The maximum atomic E-state index is 6.97. The Bertz CT molecular complexity index is 4320. The summed E-state index contributed by atoms with van der Waals surface area (Å²) in [6.45, 7) is 0. The molecule has 0 atom stereocenters. The molecule has 0 fully saturated rings. The lowest BCUT2D eigenvalue weighted by Crippen LogP contribution is -2.10. The van der Waals surface area contributed by atoms with Gasteiger partial charge in [-0.25, -0.2) is 0 Å². The Kier molecular flexibility index (Phi) is 9.19. The molecule has 73 heavy (non-hydrogen) atoms. The van der Waals surface area contributed by atoms with Crippen LogP contribution in [0.15, 0.2) is 268 Å². The molecule has 0 radical (unpaired) electrons. The lowest BCUT2D eigenvalue weighted by molar-refractivity contribution is 0.670. The van der Waals surface area contributed by atoms with Gasteiger partial charge in [0.15, 0.2) is 11.2 Å². The number of benzene rings is 12. The Balaban J connectivity index is 0.868. The van der Waals surface area contributed by atoms with Crippen LogP contribution in [0.1, 0.15) is 0 Å². The SMILES string of the molecule is c1ccc(-c2cccc3c2oc2c(N(c4ccccc4)c4ccc5cc6oc7cc8ccc(N(c9ccccc9)c9cccc%10c9oc9c(-c%11ccccc%11)cccc9%10)cc8cc7c6cc5c4)cccc23)cc1. The van der Waals surface area contributed by atoms with Crippen molar-refractivity contribution >= 4 is 121 Å². The Labute approximate surface area is 419 Å². The average molecular weight is 935 g/mol. The van der Waals surface area contributed by atoms with Gasteiger partial charge in [0.05, 0.1) is 11.4 Å². The van der Waals surface area contributed by atoms with Gasteiger partial charge in [-0.1, -0.05) is 170 Å². The minimum Gasteiger partial charge on any atom is -0.456 e. The van der Waals surface area contributed by atoms with E-state index >= 15 is 0 Å². The first-order valence-corrected chi connectivity index (χ1v) is 24.7. The van der Waals surface area contributed by atoms with Crippen molar-refractivity contribution < 1.29 is 13.3 Å². The van der Waals surface area contributed by atoms with E-state index < -0.39 is 0 Å². The maximum Gasteiger partial charge on any atom is 0.159 e. The van der Waals surface area contributed by atoms with Crippen LogP contribution in [0, 0.1) is 0 Å². The lowest BCUT2D eigenvalue weighted by atomic mass is 10.0. The van der Waals surface area contributed by atoms with Crippen molar-refractivity contribution in [2.75, 3.05) is 9.80 Å². The molecule has 15 rings (SSSR count). The van der Waals surface area contributed by atoms with Gasteiger partial charge in [-0.3, -0.25) is 0 Å². The van der Waals surface area contributed by atoms with E-state index in [1.165, 1.54) is 0 Å². The molecule has 15 aromatic rings. The van der Waals surface area contributed by atoms with Gasteiger partial charge in [0.25, 0.3) is 0 Å². The van der Waals surface area contributed by atoms with Gasteiger partial charge >= 0.3 is 0 Å². The molecule has 0 saturated heterocycles. The third-order valence-corrected chi connectivity index (χ3v) is 14.6. The molecular formula is C68H42N2O3. The van der Waals surface area contributed by atoms with Crippen LogP contribution in [0.5, 0.6) is 0 Å². The van der Waals surface area contributed by atoms with Crippen molar-refractivity contribution in [3.8, 4) is 22.3 Å². The largest absolute Gasteiger partial charge is 0.456 e. The fraction of sp³-hybridized carbons (Fsp3) is 0. The predicted octanol–water partition coefficient (Wildman–Crippen LogP) is 20.0. The highest BCUT2D eigenvalue weighted by Crippen LogP contribution is 2.47. The van der Waals surface area contributed by atoms with Crippen LogP contribution in [0.25, 0.3) is 110 Å². The molecule has 0 N–H and O–H groups in total. The minimum atomic E-state index is 0.838. The van der Waals surface area contributed by atoms with Crippen molar-refractivity contribution in [2.45, 2.75) is 0 Å². The van der Waals surface area contributed by atoms with Crippen LogP contribution in [-0.4, -0.2) is 0 Å². The molecule has 5 nitrogen and oxygen atoms in total. The van der Waals surface area contributed by atoms with Gasteiger partial charge in [-0.15, -0.1) is 0 Å². The van der Waals surface area contributed by atoms with E-state index in [9.17, 15) is 0 Å². The van der Waals surface area contributed by atoms with Gasteiger partial charge in [-0.05, 0) is 118 Å². The molecule has 342 valence electrons. The molecule has 5 heteroatoms. The molecule has 12 aromatic carbocycles. The number of furan rings is 3. The lowest BCUT2D eigenvalue weighted by Gasteiger charge is -2.26. The van der Waals surface area contributed by atoms with Crippen LogP contribution in [0.4, 0.5) is 34.1 Å². The zero-order valence-corrected chi connectivity index (χ0v) is 39.4. The second-order valence-corrected chi connectivity index (χ2v) is 18.8. The van der Waals surface area contributed by atoms with E-state index in [-0.39, 0.29) is 0 Å². The zero-order chi connectivity index (χ0) is 48.0. The third-order valence-electron chi connectivity index (χ3n) is 14.6. The summed E-state index contributed by atoms with van der Waals surface area (Å²) in [5.74, 6) is 0. The number of rotatable bonds is 8. The quantitative estimate of drug-likeness (QED) is 0.152. The Morgan fingerprint density at radius 3 is 1.04 bits per heavy atom. The van der Waals surface area contributed by atoms with E-state index in [0.29, 0.717) is 0 Å². The van der Waals surface area contributed by atoms with Crippen molar-refractivity contribution in [3.63, 3.8) is 0 Å². The normalized spacial score (nSPS) is 11.8. The first-order chi connectivity index (χ1) is 36.2. The maximum absolute atomic E-state index is 6.97. The number of hydrogen-bond acceptors (Lipinski definition) is 5. The summed E-state index contributed by atoms with van der Waals surface area (Å²) in [7, 11) is 0. The number of hydrogen-bond donors (Lipinski definition) is 0. The first-order valence-electron chi connectivity index (χ1n) is 24.7. The molecular weight excluding hydrogens is 893 g/mol. The van der Waals surface area contributed by atoms with Gasteiger partial charge in [0.1, 0.15) is 22.3 Å². The summed E-state index contributed by atoms with van der Waals surface area (Å²) in [5.41, 5.74) is 15.6. The van der Waals surface area contributed by atoms with Gasteiger partial charge in [0, 0.05) is 66.2 Å². The molecule has 0 saturated carbocycles. The first kappa shape index (κ1) is 41.0. The monoisotopic (exact) mass is 934 g/mol. The summed E-state index contributed by atoms with van der Waals surface area (Å²) in [6.07, 6.45) is 0. The van der Waals surface area contributed by atoms with Crippen molar-refractivity contribution in [1.29, 1.82) is 0 Å². The van der Waals surface area contributed by atoms with Crippen LogP contribution < -0.4 is 9.80 Å². The zero-order valence-electron chi connectivity index (χ0n) is 39.4. The van der Waals surface area contributed by atoms with E-state index in [2.05, 4.69) is 252 Å². The Hall–Kier alpha value is -9.84. The van der Waals surface area contributed by atoms with E-state index in [1.807, 2.05) is 12.1 Å². The molecule has 0 aliphatic heterocycles. The molecule has 0 amide bonds. The molecule has 0 aliphatic rings. The number of anilines is 6. The minimum absolute atomic E-state index is 0.838. The standard InChI is InChI=1S/C68H42N2O3/c1-5-17-43(18-6-1)53-25-13-27-55-57-29-15-31-61(67(57)72-65(53)55)69(49-21-9-3-10-22-49)51-35-33-45-41-63-59(39-47(45)37-51)60-40-48-38-52(36-34-46(48)42-64(60)71-63)70(50-23-11-4-12-24-50)62-32-16-30-58-56-28-14-26-54(66(56)73-68(58)62)44-19-7-2-8-20-44/h1-42H. The van der Waals surface area contributed by atoms with E-state index in [1.54, 1.807) is 0 Å². The average Bonchev–Trinajstić information content (AvgIpc) is 4.15. The van der Waals surface area contributed by atoms with Gasteiger partial charge in [-0.2, -0.15) is 0 Å². The second-order valence-electron chi connectivity index (χ2n) is 18.8. The third kappa shape index (κ3) is 6.63. The number of fused-ring (bicyclic) bond motifs is 11. The fourth-order valence-electron chi connectivity index (χ4n) is 11.2. The van der Waals surface area contributed by atoms with Crippen molar-refractivity contribution in [1.82, 2.24) is 0 Å². The van der Waals surface area contributed by atoms with Gasteiger partial charge in [0.2, 0.25) is 0 Å². The molecule has 0 spiro atoms. The van der Waals surface area contributed by atoms with Crippen molar-refractivity contribution in [2.24, 2.45) is 0 Å². The molecule has 3 heterocycles. The van der Waals surface area contributed by atoms with E-state index in [0.717, 1.165) is 144 Å². The number of nitrogens with zero attached hydrogens (tertiary/aromatic N) is 2. The molecule has 0 bridgehead atoms.